The minimum absolute atomic E-state index is 0.0530. The molecule has 18 heavy (non-hydrogen) atoms. The number of carbonyl (C=O) groups is 1. The van der Waals surface area contributed by atoms with Crippen molar-refractivity contribution in [2.45, 2.75) is 6.92 Å². The Balaban J connectivity index is 1.85. The Hall–Kier alpha value is -2.63. The summed E-state index contributed by atoms with van der Waals surface area (Å²) in [4.78, 5) is 22.8. The zero-order valence-electron chi connectivity index (χ0n) is 9.60. The molecular formula is C12H10N4O2. The third-order valence-electron chi connectivity index (χ3n) is 2.49. The van der Waals surface area contributed by atoms with Gasteiger partial charge in [0.1, 0.15) is 5.76 Å². The van der Waals surface area contributed by atoms with Crippen LogP contribution in [-0.4, -0.2) is 20.9 Å². The van der Waals surface area contributed by atoms with Gasteiger partial charge in [-0.25, -0.2) is 9.97 Å². The molecule has 90 valence electrons. The van der Waals surface area contributed by atoms with Crippen molar-refractivity contribution in [1.82, 2.24) is 15.0 Å². The third kappa shape index (κ3) is 1.84. The lowest BCUT2D eigenvalue weighted by Gasteiger charge is -2.01. The van der Waals surface area contributed by atoms with E-state index in [2.05, 4.69) is 20.3 Å². The number of nitrogens with one attached hydrogen (secondary N) is 2. The number of imidazole rings is 1. The molecular weight excluding hydrogens is 232 g/mol. The van der Waals surface area contributed by atoms with E-state index in [1.165, 1.54) is 6.20 Å². The predicted octanol–water partition coefficient (Wildman–Crippen LogP) is 2.11. The quantitative estimate of drug-likeness (QED) is 0.720. The second-order valence-electron chi connectivity index (χ2n) is 3.86. The molecule has 0 fully saturated rings. The average Bonchev–Trinajstić information content (AvgIpc) is 2.96. The van der Waals surface area contributed by atoms with Gasteiger partial charge in [-0.05, 0) is 25.1 Å². The fourth-order valence-corrected chi connectivity index (χ4v) is 1.66. The summed E-state index contributed by atoms with van der Waals surface area (Å²) in [6.07, 6.45) is 3.11. The highest BCUT2D eigenvalue weighted by Gasteiger charge is 2.12. The lowest BCUT2D eigenvalue weighted by Crippen LogP contribution is -2.12. The van der Waals surface area contributed by atoms with E-state index in [0.29, 0.717) is 11.4 Å². The molecule has 0 spiro atoms. The number of fused-ring (bicyclic) bond motifs is 1. The molecule has 1 amide bonds. The molecule has 3 rings (SSSR count). The Bertz CT molecular complexity index is 714. The largest absolute Gasteiger partial charge is 0.438 e. The van der Waals surface area contributed by atoms with Gasteiger partial charge in [0.25, 0.3) is 5.89 Å². The molecule has 0 aliphatic carbocycles. The number of carbonyl (C=O) groups excluding carboxylic acids is 1. The van der Waals surface area contributed by atoms with Gasteiger partial charge in [-0.1, -0.05) is 0 Å². The van der Waals surface area contributed by atoms with Gasteiger partial charge in [-0.15, -0.1) is 0 Å². The number of hydrogen-bond acceptors (Lipinski definition) is 4. The van der Waals surface area contributed by atoms with Crippen molar-refractivity contribution in [2.24, 2.45) is 0 Å². The van der Waals surface area contributed by atoms with Crippen LogP contribution in [0.1, 0.15) is 16.4 Å². The Kier molecular flexibility index (Phi) is 2.33. The number of aromatic amines is 1. The van der Waals surface area contributed by atoms with Crippen LogP contribution in [0.3, 0.4) is 0 Å². The van der Waals surface area contributed by atoms with E-state index >= 15 is 0 Å². The number of rotatable bonds is 2. The monoisotopic (exact) mass is 242 g/mol. The second-order valence-corrected chi connectivity index (χ2v) is 3.86. The van der Waals surface area contributed by atoms with Gasteiger partial charge in [0, 0.05) is 5.69 Å². The summed E-state index contributed by atoms with van der Waals surface area (Å²) >= 11 is 0. The Morgan fingerprint density at radius 1 is 1.39 bits per heavy atom. The normalized spacial score (nSPS) is 10.7. The van der Waals surface area contributed by atoms with E-state index in [9.17, 15) is 4.79 Å². The molecule has 2 N–H and O–H groups in total. The fourth-order valence-electron chi connectivity index (χ4n) is 1.66. The molecule has 3 aromatic rings. The van der Waals surface area contributed by atoms with Crippen LogP contribution in [0.25, 0.3) is 11.0 Å². The SMILES string of the molecule is Cc1cnc(C(=O)Nc2ccc3nc[nH]c3c2)o1. The second kappa shape index (κ2) is 3.99. The van der Waals surface area contributed by atoms with Crippen molar-refractivity contribution in [2.75, 3.05) is 5.32 Å². The number of hydrogen-bond donors (Lipinski definition) is 2. The number of H-pyrrole nitrogens is 1. The smallest absolute Gasteiger partial charge is 0.311 e. The average molecular weight is 242 g/mol. The highest BCUT2D eigenvalue weighted by molar-refractivity contribution is 6.01. The van der Waals surface area contributed by atoms with Crippen LogP contribution >= 0.6 is 0 Å². The van der Waals surface area contributed by atoms with E-state index in [-0.39, 0.29) is 11.8 Å². The van der Waals surface area contributed by atoms with Crippen molar-refractivity contribution >= 4 is 22.6 Å². The van der Waals surface area contributed by atoms with Crippen LogP contribution in [0, 0.1) is 6.92 Å². The molecule has 6 nitrogen and oxygen atoms in total. The maximum atomic E-state index is 11.8. The van der Waals surface area contributed by atoms with Crippen molar-refractivity contribution in [1.29, 1.82) is 0 Å². The number of aromatic nitrogens is 3. The topological polar surface area (TPSA) is 83.8 Å². The van der Waals surface area contributed by atoms with Crippen LogP contribution in [0.2, 0.25) is 0 Å². The van der Waals surface area contributed by atoms with Crippen LogP contribution in [0.5, 0.6) is 0 Å². The van der Waals surface area contributed by atoms with Crippen molar-refractivity contribution in [3.63, 3.8) is 0 Å². The molecule has 0 saturated carbocycles. The third-order valence-corrected chi connectivity index (χ3v) is 2.49. The van der Waals surface area contributed by atoms with Gasteiger partial charge in [0.15, 0.2) is 0 Å². The Labute approximate surface area is 102 Å². The van der Waals surface area contributed by atoms with E-state index in [1.807, 2.05) is 6.07 Å². The maximum absolute atomic E-state index is 11.8. The van der Waals surface area contributed by atoms with Crippen LogP contribution in [0.15, 0.2) is 35.1 Å². The lowest BCUT2D eigenvalue weighted by atomic mass is 10.3. The highest BCUT2D eigenvalue weighted by atomic mass is 16.4. The van der Waals surface area contributed by atoms with Crippen LogP contribution < -0.4 is 5.32 Å². The summed E-state index contributed by atoms with van der Waals surface area (Å²) in [7, 11) is 0. The summed E-state index contributed by atoms with van der Waals surface area (Å²) < 4.78 is 5.15. The Morgan fingerprint density at radius 2 is 2.28 bits per heavy atom. The number of nitrogens with zero attached hydrogens (tertiary/aromatic N) is 2. The molecule has 0 bridgehead atoms. The zero-order valence-corrected chi connectivity index (χ0v) is 9.60. The summed E-state index contributed by atoms with van der Waals surface area (Å²) in [5.74, 6) is 0.281. The molecule has 2 aromatic heterocycles. The number of amides is 1. The fraction of sp³-hybridized carbons (Fsp3) is 0.0833. The van der Waals surface area contributed by atoms with Crippen molar-refractivity contribution in [3.05, 3.63) is 42.4 Å². The predicted molar refractivity (Wildman–Crippen MR) is 65.3 cm³/mol. The molecule has 2 heterocycles. The maximum Gasteiger partial charge on any atom is 0.311 e. The molecule has 0 radical (unpaired) electrons. The first-order chi connectivity index (χ1) is 8.72. The molecule has 0 unspecified atom stereocenters. The highest BCUT2D eigenvalue weighted by Crippen LogP contribution is 2.16. The number of oxazole rings is 1. The van der Waals surface area contributed by atoms with Crippen molar-refractivity contribution < 1.29 is 9.21 Å². The van der Waals surface area contributed by atoms with E-state index < -0.39 is 0 Å². The van der Waals surface area contributed by atoms with Gasteiger partial charge in [-0.2, -0.15) is 0 Å². The number of benzene rings is 1. The molecule has 0 aliphatic rings. The van der Waals surface area contributed by atoms with E-state index in [4.69, 9.17) is 4.42 Å². The van der Waals surface area contributed by atoms with Gasteiger partial charge in [0.2, 0.25) is 0 Å². The van der Waals surface area contributed by atoms with Gasteiger partial charge >= 0.3 is 5.91 Å². The van der Waals surface area contributed by atoms with Gasteiger partial charge in [-0.3, -0.25) is 4.79 Å². The van der Waals surface area contributed by atoms with E-state index in [1.54, 1.807) is 25.4 Å². The summed E-state index contributed by atoms with van der Waals surface area (Å²) in [5, 5.41) is 2.71. The van der Waals surface area contributed by atoms with Crippen LogP contribution in [-0.2, 0) is 0 Å². The van der Waals surface area contributed by atoms with Crippen molar-refractivity contribution in [3.8, 4) is 0 Å². The summed E-state index contributed by atoms with van der Waals surface area (Å²) in [6.45, 7) is 1.74. The molecule has 1 aromatic carbocycles. The standard InChI is InChI=1S/C12H10N4O2/c1-7-5-13-12(18-7)11(17)16-8-2-3-9-10(4-8)15-6-14-9/h2-6H,1H3,(H,14,15)(H,16,17). The molecule has 0 saturated heterocycles. The molecule has 0 aliphatic heterocycles. The van der Waals surface area contributed by atoms with E-state index in [0.717, 1.165) is 11.0 Å². The first-order valence-corrected chi connectivity index (χ1v) is 5.39. The minimum atomic E-state index is -0.373. The first kappa shape index (κ1) is 10.5. The zero-order chi connectivity index (χ0) is 12.5. The number of aryl methyl sites for hydroxylation is 1. The summed E-state index contributed by atoms with van der Waals surface area (Å²) in [6, 6.07) is 5.40. The first-order valence-electron chi connectivity index (χ1n) is 5.39. The molecule has 6 heteroatoms. The van der Waals surface area contributed by atoms with Crippen LogP contribution in [0.4, 0.5) is 5.69 Å². The summed E-state index contributed by atoms with van der Waals surface area (Å²) in [5.41, 5.74) is 2.36. The Morgan fingerprint density at radius 3 is 3.06 bits per heavy atom. The van der Waals surface area contributed by atoms with Gasteiger partial charge in [0.05, 0.1) is 23.6 Å². The molecule has 0 atom stereocenters. The van der Waals surface area contributed by atoms with Gasteiger partial charge < -0.3 is 14.7 Å². The lowest BCUT2D eigenvalue weighted by molar-refractivity contribution is 0.0989. The number of anilines is 1. The minimum Gasteiger partial charge on any atom is -0.438 e.